The van der Waals surface area contributed by atoms with Crippen LogP contribution in [-0.4, -0.2) is 57.3 Å². The highest BCUT2D eigenvalue weighted by Crippen LogP contribution is 2.17. The van der Waals surface area contributed by atoms with Gasteiger partial charge in [-0.2, -0.15) is 0 Å². The van der Waals surface area contributed by atoms with Gasteiger partial charge in [0.15, 0.2) is 5.96 Å². The van der Waals surface area contributed by atoms with Crippen LogP contribution in [0.1, 0.15) is 12.0 Å². The molecule has 2 aromatic carbocycles. The maximum absolute atomic E-state index is 13.1. The first kappa shape index (κ1) is 24.2. The van der Waals surface area contributed by atoms with E-state index in [4.69, 9.17) is 15.2 Å². The number of anilines is 1. The van der Waals surface area contributed by atoms with Gasteiger partial charge in [0.05, 0.1) is 13.7 Å². The second-order valence-corrected chi connectivity index (χ2v) is 6.94. The second kappa shape index (κ2) is 12.6. The molecule has 3 rings (SSSR count). The van der Waals surface area contributed by atoms with Crippen LogP contribution in [0.2, 0.25) is 0 Å². The molecule has 0 unspecified atom stereocenters. The molecule has 0 spiro atoms. The zero-order valence-corrected chi connectivity index (χ0v) is 19.6. The number of aliphatic imine (C=N–C) groups is 1. The zero-order chi connectivity index (χ0) is 20.5. The van der Waals surface area contributed by atoms with Crippen molar-refractivity contribution in [1.29, 1.82) is 0 Å². The highest BCUT2D eigenvalue weighted by molar-refractivity contribution is 14.0. The van der Waals surface area contributed by atoms with Crippen molar-refractivity contribution < 1.29 is 13.9 Å². The minimum Gasteiger partial charge on any atom is -0.497 e. The molecule has 164 valence electrons. The Morgan fingerprint density at radius 1 is 1.03 bits per heavy atom. The lowest BCUT2D eigenvalue weighted by Crippen LogP contribution is -2.51. The SMILES string of the molecule is COc1ccc(COCCCN=C(N)N2CCN(c3ccc(F)cc3)CC2)cc1.I. The Bertz CT molecular complexity index is 779. The van der Waals surface area contributed by atoms with E-state index in [-0.39, 0.29) is 29.8 Å². The van der Waals surface area contributed by atoms with Gasteiger partial charge < -0.3 is 25.0 Å². The average Bonchev–Trinajstić information content (AvgIpc) is 2.77. The lowest BCUT2D eigenvalue weighted by molar-refractivity contribution is 0.120. The van der Waals surface area contributed by atoms with Gasteiger partial charge in [-0.05, 0) is 48.4 Å². The van der Waals surface area contributed by atoms with Crippen LogP contribution in [-0.2, 0) is 11.3 Å². The van der Waals surface area contributed by atoms with Gasteiger partial charge in [-0.1, -0.05) is 12.1 Å². The monoisotopic (exact) mass is 528 g/mol. The van der Waals surface area contributed by atoms with Crippen molar-refractivity contribution in [1.82, 2.24) is 4.90 Å². The van der Waals surface area contributed by atoms with Crippen LogP contribution >= 0.6 is 24.0 Å². The lowest BCUT2D eigenvalue weighted by atomic mass is 10.2. The molecule has 1 saturated heterocycles. The lowest BCUT2D eigenvalue weighted by Gasteiger charge is -2.36. The van der Waals surface area contributed by atoms with Crippen molar-refractivity contribution in [2.75, 3.05) is 51.3 Å². The fourth-order valence-electron chi connectivity index (χ4n) is 3.22. The first-order chi connectivity index (χ1) is 14.2. The summed E-state index contributed by atoms with van der Waals surface area (Å²) in [6.07, 6.45) is 0.826. The van der Waals surface area contributed by atoms with Crippen molar-refractivity contribution in [3.63, 3.8) is 0 Å². The van der Waals surface area contributed by atoms with Gasteiger partial charge in [-0.25, -0.2) is 4.39 Å². The number of benzene rings is 2. The Balaban J connectivity index is 0.00000320. The summed E-state index contributed by atoms with van der Waals surface area (Å²) in [5.41, 5.74) is 8.30. The molecule has 1 fully saturated rings. The van der Waals surface area contributed by atoms with Gasteiger partial charge in [-0.3, -0.25) is 4.99 Å². The summed E-state index contributed by atoms with van der Waals surface area (Å²) in [6.45, 7) is 5.16. The molecule has 0 aliphatic carbocycles. The van der Waals surface area contributed by atoms with E-state index in [0.717, 1.165) is 49.6 Å². The van der Waals surface area contributed by atoms with E-state index >= 15 is 0 Å². The highest BCUT2D eigenvalue weighted by Gasteiger charge is 2.18. The molecule has 0 aromatic heterocycles. The van der Waals surface area contributed by atoms with E-state index in [2.05, 4.69) is 14.8 Å². The Labute approximate surface area is 194 Å². The molecular formula is C22H30FIN4O2. The van der Waals surface area contributed by atoms with E-state index < -0.39 is 0 Å². The van der Waals surface area contributed by atoms with Crippen LogP contribution in [0.25, 0.3) is 0 Å². The van der Waals surface area contributed by atoms with E-state index in [1.54, 1.807) is 7.11 Å². The fourth-order valence-corrected chi connectivity index (χ4v) is 3.22. The predicted octanol–water partition coefficient (Wildman–Crippen LogP) is 3.50. The van der Waals surface area contributed by atoms with Crippen LogP contribution in [0.15, 0.2) is 53.5 Å². The van der Waals surface area contributed by atoms with Crippen molar-refractivity contribution in [2.45, 2.75) is 13.0 Å². The Morgan fingerprint density at radius 2 is 1.70 bits per heavy atom. The van der Waals surface area contributed by atoms with E-state index in [1.807, 2.05) is 36.4 Å². The summed E-state index contributed by atoms with van der Waals surface area (Å²) < 4.78 is 23.9. The quantitative estimate of drug-likeness (QED) is 0.246. The average molecular weight is 528 g/mol. The van der Waals surface area contributed by atoms with Crippen molar-refractivity contribution in [3.8, 4) is 5.75 Å². The number of halogens is 2. The Morgan fingerprint density at radius 3 is 2.33 bits per heavy atom. The van der Waals surface area contributed by atoms with Crippen LogP contribution in [0.3, 0.4) is 0 Å². The maximum atomic E-state index is 13.1. The smallest absolute Gasteiger partial charge is 0.191 e. The molecule has 0 atom stereocenters. The van der Waals surface area contributed by atoms with Crippen molar-refractivity contribution >= 4 is 35.6 Å². The normalized spacial score (nSPS) is 14.4. The summed E-state index contributed by atoms with van der Waals surface area (Å²) >= 11 is 0. The van der Waals surface area contributed by atoms with Gasteiger partial charge in [0.25, 0.3) is 0 Å². The molecule has 2 aromatic rings. The van der Waals surface area contributed by atoms with Gasteiger partial charge in [-0.15, -0.1) is 24.0 Å². The third-order valence-electron chi connectivity index (χ3n) is 4.94. The number of nitrogens with two attached hydrogens (primary N) is 1. The molecule has 30 heavy (non-hydrogen) atoms. The molecule has 2 N–H and O–H groups in total. The van der Waals surface area contributed by atoms with Gasteiger partial charge >= 0.3 is 0 Å². The first-order valence-electron chi connectivity index (χ1n) is 9.92. The fraction of sp³-hybridized carbons (Fsp3) is 0.409. The number of piperazine rings is 1. The molecule has 0 radical (unpaired) electrons. The molecule has 0 amide bonds. The van der Waals surface area contributed by atoms with Gasteiger partial charge in [0.2, 0.25) is 0 Å². The Kier molecular flexibility index (Phi) is 10.2. The topological polar surface area (TPSA) is 63.3 Å². The van der Waals surface area contributed by atoms with E-state index in [9.17, 15) is 4.39 Å². The number of rotatable bonds is 8. The minimum absolute atomic E-state index is 0. The van der Waals surface area contributed by atoms with Crippen LogP contribution in [0.5, 0.6) is 5.75 Å². The number of hydrogen-bond donors (Lipinski definition) is 1. The van der Waals surface area contributed by atoms with Crippen LogP contribution in [0, 0.1) is 5.82 Å². The molecule has 1 aliphatic rings. The van der Waals surface area contributed by atoms with E-state index in [1.165, 1.54) is 12.1 Å². The molecule has 0 saturated carbocycles. The minimum atomic E-state index is -0.211. The summed E-state index contributed by atoms with van der Waals surface area (Å²) in [4.78, 5) is 8.81. The number of guanidine groups is 1. The number of ether oxygens (including phenoxy) is 2. The summed E-state index contributed by atoms with van der Waals surface area (Å²) in [5, 5.41) is 0. The molecule has 1 aliphatic heterocycles. The third kappa shape index (κ3) is 7.32. The number of methoxy groups -OCH3 is 1. The summed E-state index contributed by atoms with van der Waals surface area (Å²) in [6, 6.07) is 14.5. The number of nitrogens with zero attached hydrogens (tertiary/aromatic N) is 3. The van der Waals surface area contributed by atoms with Gasteiger partial charge in [0.1, 0.15) is 11.6 Å². The first-order valence-corrected chi connectivity index (χ1v) is 9.92. The van der Waals surface area contributed by atoms with Crippen molar-refractivity contribution in [2.24, 2.45) is 10.7 Å². The second-order valence-electron chi connectivity index (χ2n) is 6.94. The van der Waals surface area contributed by atoms with E-state index in [0.29, 0.717) is 25.7 Å². The molecule has 6 nitrogen and oxygen atoms in total. The molecule has 1 heterocycles. The highest BCUT2D eigenvalue weighted by atomic mass is 127. The Hall–Kier alpha value is -2.07. The van der Waals surface area contributed by atoms with Crippen molar-refractivity contribution in [3.05, 3.63) is 59.9 Å². The van der Waals surface area contributed by atoms with Gasteiger partial charge in [0, 0.05) is 45.0 Å². The maximum Gasteiger partial charge on any atom is 0.191 e. The molecule has 8 heteroatoms. The van der Waals surface area contributed by atoms with Crippen LogP contribution in [0.4, 0.5) is 10.1 Å². The number of hydrogen-bond acceptors (Lipinski definition) is 4. The van der Waals surface area contributed by atoms with Crippen LogP contribution < -0.4 is 15.4 Å². The predicted molar refractivity (Wildman–Crippen MR) is 129 cm³/mol. The molecular weight excluding hydrogens is 498 g/mol. The molecule has 0 bridgehead atoms. The third-order valence-corrected chi connectivity index (χ3v) is 4.94. The standard InChI is InChI=1S/C22H29FN4O2.HI/c1-28-21-9-3-18(4-10-21)17-29-16-2-11-25-22(24)27-14-12-26(13-15-27)20-7-5-19(23)6-8-20;/h3-10H,2,11-17H2,1H3,(H2,24,25);1H. The largest absolute Gasteiger partial charge is 0.497 e. The zero-order valence-electron chi connectivity index (χ0n) is 17.3. The summed E-state index contributed by atoms with van der Waals surface area (Å²) in [5.74, 6) is 1.22. The summed E-state index contributed by atoms with van der Waals surface area (Å²) in [7, 11) is 1.66.